The average Bonchev–Trinajstić information content (AvgIpc) is 2.01. The van der Waals surface area contributed by atoms with Crippen LogP contribution < -0.4 is 0 Å². The molecule has 1 heterocycles. The standard InChI is InChI=1S/C7H10O6S/c8-6(9)4-1-2-14(12,13)3-5(4)7(10)11/h4-5H,1-3H2,(H,8,9)(H,10,11)/t4-,5+/m1/s1. The Hall–Kier alpha value is -1.11. The number of aliphatic carboxylic acids is 2. The summed E-state index contributed by atoms with van der Waals surface area (Å²) in [7, 11) is -3.39. The van der Waals surface area contributed by atoms with E-state index in [1.165, 1.54) is 0 Å². The number of carbonyl (C=O) groups is 2. The smallest absolute Gasteiger partial charge is 0.308 e. The fraction of sp³-hybridized carbons (Fsp3) is 0.714. The molecule has 7 heteroatoms. The number of rotatable bonds is 2. The molecule has 1 aliphatic rings. The average molecular weight is 222 g/mol. The first-order valence-corrected chi connectivity index (χ1v) is 5.81. The van der Waals surface area contributed by atoms with Crippen molar-refractivity contribution < 1.29 is 28.2 Å². The van der Waals surface area contributed by atoms with Crippen LogP contribution in [0, 0.1) is 11.8 Å². The van der Waals surface area contributed by atoms with Gasteiger partial charge >= 0.3 is 11.9 Å². The molecule has 1 aliphatic heterocycles. The predicted molar refractivity (Wildman–Crippen MR) is 45.5 cm³/mol. The summed E-state index contributed by atoms with van der Waals surface area (Å²) in [6, 6.07) is 0. The Kier molecular flexibility index (Phi) is 2.79. The second-order valence-corrected chi connectivity index (χ2v) is 5.52. The van der Waals surface area contributed by atoms with E-state index in [-0.39, 0.29) is 12.2 Å². The SMILES string of the molecule is O=C(O)[C@H]1CS(=O)(=O)CC[C@H]1C(=O)O. The van der Waals surface area contributed by atoms with Gasteiger partial charge in [0, 0.05) is 0 Å². The lowest BCUT2D eigenvalue weighted by atomic mass is 9.91. The quantitative estimate of drug-likeness (QED) is 0.633. The second kappa shape index (κ2) is 3.56. The maximum Gasteiger partial charge on any atom is 0.308 e. The third kappa shape index (κ3) is 2.22. The van der Waals surface area contributed by atoms with Crippen LogP contribution in [0.3, 0.4) is 0 Å². The molecule has 1 rings (SSSR count). The van der Waals surface area contributed by atoms with E-state index in [1.54, 1.807) is 0 Å². The summed E-state index contributed by atoms with van der Waals surface area (Å²) < 4.78 is 22.2. The van der Waals surface area contributed by atoms with Gasteiger partial charge in [-0.2, -0.15) is 0 Å². The molecule has 0 spiro atoms. The van der Waals surface area contributed by atoms with Gasteiger partial charge in [0.05, 0.1) is 23.3 Å². The highest BCUT2D eigenvalue weighted by Crippen LogP contribution is 2.25. The maximum absolute atomic E-state index is 11.1. The lowest BCUT2D eigenvalue weighted by Gasteiger charge is -2.24. The zero-order valence-electron chi connectivity index (χ0n) is 7.21. The van der Waals surface area contributed by atoms with Gasteiger partial charge in [0.15, 0.2) is 9.84 Å². The van der Waals surface area contributed by atoms with Crippen LogP contribution in [-0.2, 0) is 19.4 Å². The van der Waals surface area contributed by atoms with E-state index in [0.717, 1.165) is 0 Å². The highest BCUT2D eigenvalue weighted by atomic mass is 32.2. The molecule has 0 amide bonds. The summed E-state index contributed by atoms with van der Waals surface area (Å²) in [5, 5.41) is 17.3. The lowest BCUT2D eigenvalue weighted by Crippen LogP contribution is -2.41. The van der Waals surface area contributed by atoms with Gasteiger partial charge in [0.25, 0.3) is 0 Å². The van der Waals surface area contributed by atoms with Crippen molar-refractivity contribution >= 4 is 21.8 Å². The van der Waals surface area contributed by atoms with Crippen molar-refractivity contribution in [3.63, 3.8) is 0 Å². The van der Waals surface area contributed by atoms with E-state index >= 15 is 0 Å². The molecule has 2 N–H and O–H groups in total. The number of hydrogen-bond donors (Lipinski definition) is 2. The highest BCUT2D eigenvalue weighted by molar-refractivity contribution is 7.91. The summed E-state index contributed by atoms with van der Waals surface area (Å²) in [6.07, 6.45) is -0.116. The van der Waals surface area contributed by atoms with Crippen LogP contribution >= 0.6 is 0 Å². The van der Waals surface area contributed by atoms with E-state index in [9.17, 15) is 18.0 Å². The minimum Gasteiger partial charge on any atom is -0.481 e. The Morgan fingerprint density at radius 3 is 2.00 bits per heavy atom. The van der Waals surface area contributed by atoms with Crippen LogP contribution in [0.2, 0.25) is 0 Å². The zero-order valence-corrected chi connectivity index (χ0v) is 8.03. The Morgan fingerprint density at radius 2 is 1.57 bits per heavy atom. The zero-order chi connectivity index (χ0) is 10.9. The Bertz CT molecular complexity index is 356. The topological polar surface area (TPSA) is 109 Å². The minimum atomic E-state index is -3.39. The largest absolute Gasteiger partial charge is 0.481 e. The molecule has 0 aromatic rings. The third-order valence-corrected chi connectivity index (χ3v) is 4.02. The Morgan fingerprint density at radius 1 is 1.07 bits per heavy atom. The molecule has 0 aromatic heterocycles. The van der Waals surface area contributed by atoms with E-state index in [4.69, 9.17) is 10.2 Å². The fourth-order valence-electron chi connectivity index (χ4n) is 1.52. The maximum atomic E-state index is 11.1. The molecule has 0 aromatic carbocycles. The van der Waals surface area contributed by atoms with Crippen molar-refractivity contribution in [2.45, 2.75) is 6.42 Å². The number of hydrogen-bond acceptors (Lipinski definition) is 4. The molecule has 0 unspecified atom stereocenters. The van der Waals surface area contributed by atoms with Gasteiger partial charge in [-0.25, -0.2) is 8.42 Å². The van der Waals surface area contributed by atoms with Crippen LogP contribution in [-0.4, -0.2) is 42.1 Å². The molecule has 0 aliphatic carbocycles. The minimum absolute atomic E-state index is 0.116. The van der Waals surface area contributed by atoms with Crippen molar-refractivity contribution in [3.05, 3.63) is 0 Å². The second-order valence-electron chi connectivity index (χ2n) is 3.29. The van der Waals surface area contributed by atoms with E-state index in [0.29, 0.717) is 0 Å². The molecule has 0 saturated carbocycles. The summed E-state index contributed by atoms with van der Waals surface area (Å²) in [6.45, 7) is 0. The molecular formula is C7H10O6S. The van der Waals surface area contributed by atoms with Crippen LogP contribution in [0.5, 0.6) is 0 Å². The molecule has 0 radical (unpaired) electrons. The van der Waals surface area contributed by atoms with Gasteiger partial charge in [-0.05, 0) is 6.42 Å². The van der Waals surface area contributed by atoms with E-state index in [1.807, 2.05) is 0 Å². The van der Waals surface area contributed by atoms with Gasteiger partial charge in [0.1, 0.15) is 0 Å². The van der Waals surface area contributed by atoms with Crippen molar-refractivity contribution in [2.75, 3.05) is 11.5 Å². The number of carboxylic acids is 2. The highest BCUT2D eigenvalue weighted by Gasteiger charge is 2.41. The molecule has 0 bridgehead atoms. The first kappa shape index (κ1) is 11.0. The Labute approximate surface area is 80.5 Å². The van der Waals surface area contributed by atoms with E-state index in [2.05, 4.69) is 0 Å². The first-order chi connectivity index (χ1) is 6.33. The fourth-order valence-corrected chi connectivity index (χ4v) is 3.22. The normalized spacial score (nSPS) is 30.9. The van der Waals surface area contributed by atoms with Gasteiger partial charge in [-0.1, -0.05) is 0 Å². The number of carboxylic acid groups (broad SMARTS) is 2. The molecule has 1 fully saturated rings. The first-order valence-electron chi connectivity index (χ1n) is 3.99. The molecule has 6 nitrogen and oxygen atoms in total. The molecule has 80 valence electrons. The van der Waals surface area contributed by atoms with Crippen molar-refractivity contribution in [1.82, 2.24) is 0 Å². The van der Waals surface area contributed by atoms with Crippen molar-refractivity contribution in [2.24, 2.45) is 11.8 Å². The van der Waals surface area contributed by atoms with Crippen molar-refractivity contribution in [3.8, 4) is 0 Å². The third-order valence-electron chi connectivity index (χ3n) is 2.29. The predicted octanol–water partition coefficient (Wildman–Crippen LogP) is -0.793. The van der Waals surface area contributed by atoms with Gasteiger partial charge in [-0.15, -0.1) is 0 Å². The number of sulfone groups is 1. The summed E-state index contributed by atoms with van der Waals surface area (Å²) in [4.78, 5) is 21.3. The van der Waals surface area contributed by atoms with Crippen LogP contribution in [0.15, 0.2) is 0 Å². The summed E-state index contributed by atoms with van der Waals surface area (Å²) >= 11 is 0. The lowest BCUT2D eigenvalue weighted by molar-refractivity contribution is -0.153. The van der Waals surface area contributed by atoms with Crippen LogP contribution in [0.4, 0.5) is 0 Å². The van der Waals surface area contributed by atoms with Crippen LogP contribution in [0.25, 0.3) is 0 Å². The molecule has 1 saturated heterocycles. The summed E-state index contributed by atoms with van der Waals surface area (Å²) in [5.74, 6) is -5.82. The Balaban J connectivity index is 2.92. The van der Waals surface area contributed by atoms with Gasteiger partial charge in [-0.3, -0.25) is 9.59 Å². The summed E-state index contributed by atoms with van der Waals surface area (Å²) in [5.41, 5.74) is 0. The van der Waals surface area contributed by atoms with E-state index < -0.39 is 39.4 Å². The monoisotopic (exact) mass is 222 g/mol. The van der Waals surface area contributed by atoms with Crippen molar-refractivity contribution in [1.29, 1.82) is 0 Å². The van der Waals surface area contributed by atoms with Gasteiger partial charge < -0.3 is 10.2 Å². The molecule has 14 heavy (non-hydrogen) atoms. The van der Waals surface area contributed by atoms with Gasteiger partial charge in [0.2, 0.25) is 0 Å². The molecule has 2 atom stereocenters. The van der Waals surface area contributed by atoms with Crippen LogP contribution in [0.1, 0.15) is 6.42 Å². The molecular weight excluding hydrogens is 212 g/mol.